The fourth-order valence-electron chi connectivity index (χ4n) is 2.19. The number of rotatable bonds is 2. The number of Topliss-reactive ketones (excluding diaryl/α,β-unsaturated/α-hetero) is 1. The van der Waals surface area contributed by atoms with Crippen LogP contribution in [-0.2, 0) is 0 Å². The van der Waals surface area contributed by atoms with Gasteiger partial charge in [0.25, 0.3) is 0 Å². The highest BCUT2D eigenvalue weighted by atomic mass is 19.1. The maximum absolute atomic E-state index is 13.5. The lowest BCUT2D eigenvalue weighted by molar-refractivity contribution is -0.00396. The highest BCUT2D eigenvalue weighted by Gasteiger charge is 2.41. The van der Waals surface area contributed by atoms with Crippen LogP contribution in [-0.4, -0.2) is 45.7 Å². The van der Waals surface area contributed by atoms with Gasteiger partial charge in [-0.3, -0.25) is 4.79 Å². The van der Waals surface area contributed by atoms with E-state index in [1.165, 1.54) is 18.2 Å². The van der Waals surface area contributed by atoms with Gasteiger partial charge in [0.15, 0.2) is 5.78 Å². The molecule has 0 saturated carbocycles. The van der Waals surface area contributed by atoms with Gasteiger partial charge < -0.3 is 15.1 Å². The number of carbonyl (C=O) groups is 2. The summed E-state index contributed by atoms with van der Waals surface area (Å²) in [6.45, 7) is 0.123. The number of hydrogen-bond donors (Lipinski definition) is 2. The normalized spacial score (nSPS) is 18.1. The van der Waals surface area contributed by atoms with E-state index in [0.717, 1.165) is 11.0 Å². The first-order chi connectivity index (χ1) is 8.94. The molecule has 5 nitrogen and oxygen atoms in total. The number of ketones is 1. The average molecular weight is 267 g/mol. The van der Waals surface area contributed by atoms with Gasteiger partial charge in [-0.15, -0.1) is 0 Å². The van der Waals surface area contributed by atoms with E-state index in [0.29, 0.717) is 0 Å². The van der Waals surface area contributed by atoms with Crippen LogP contribution in [0.4, 0.5) is 9.18 Å². The third-order valence-corrected chi connectivity index (χ3v) is 3.40. The van der Waals surface area contributed by atoms with E-state index in [-0.39, 0.29) is 31.5 Å². The Kier molecular flexibility index (Phi) is 3.53. The topological polar surface area (TPSA) is 77.8 Å². The van der Waals surface area contributed by atoms with Gasteiger partial charge in [0.1, 0.15) is 11.4 Å². The number of carbonyl (C=O) groups excluding carboxylic acids is 1. The van der Waals surface area contributed by atoms with Gasteiger partial charge in [0, 0.05) is 25.9 Å². The molecule has 6 heteroatoms. The number of amides is 1. The van der Waals surface area contributed by atoms with Crippen molar-refractivity contribution >= 4 is 11.9 Å². The van der Waals surface area contributed by atoms with Gasteiger partial charge in [-0.05, 0) is 12.1 Å². The Balaban J connectivity index is 2.16. The predicted octanol–water partition coefficient (Wildman–Crippen LogP) is 1.51. The van der Waals surface area contributed by atoms with Crippen LogP contribution in [0.1, 0.15) is 23.2 Å². The lowest BCUT2D eigenvalue weighted by Crippen LogP contribution is -2.50. The van der Waals surface area contributed by atoms with Crippen molar-refractivity contribution in [1.82, 2.24) is 4.90 Å². The molecule has 0 aliphatic carbocycles. The van der Waals surface area contributed by atoms with Gasteiger partial charge >= 0.3 is 6.09 Å². The summed E-state index contributed by atoms with van der Waals surface area (Å²) in [7, 11) is 0. The fourth-order valence-corrected chi connectivity index (χ4v) is 2.19. The Bertz CT molecular complexity index is 509. The number of halogens is 1. The third kappa shape index (κ3) is 2.58. The Hall–Kier alpha value is -1.95. The van der Waals surface area contributed by atoms with Crippen LogP contribution in [0.15, 0.2) is 24.3 Å². The van der Waals surface area contributed by atoms with Crippen LogP contribution in [0.2, 0.25) is 0 Å². The zero-order valence-electron chi connectivity index (χ0n) is 10.2. The molecule has 1 aliphatic rings. The van der Waals surface area contributed by atoms with E-state index < -0.39 is 23.3 Å². The molecule has 102 valence electrons. The summed E-state index contributed by atoms with van der Waals surface area (Å²) < 4.78 is 13.5. The molecule has 1 heterocycles. The van der Waals surface area contributed by atoms with Gasteiger partial charge in [-0.25, -0.2) is 9.18 Å². The number of benzene rings is 1. The molecule has 1 aromatic rings. The van der Waals surface area contributed by atoms with Crippen LogP contribution in [0, 0.1) is 5.82 Å². The van der Waals surface area contributed by atoms with Crippen LogP contribution < -0.4 is 0 Å². The molecular formula is C13H14FNO4. The van der Waals surface area contributed by atoms with Gasteiger partial charge in [-0.1, -0.05) is 12.1 Å². The van der Waals surface area contributed by atoms with Crippen molar-refractivity contribution in [3.8, 4) is 0 Å². The summed E-state index contributed by atoms with van der Waals surface area (Å²) >= 11 is 0. The van der Waals surface area contributed by atoms with E-state index in [1.54, 1.807) is 0 Å². The molecule has 19 heavy (non-hydrogen) atoms. The van der Waals surface area contributed by atoms with E-state index in [9.17, 15) is 19.1 Å². The predicted molar refractivity (Wildman–Crippen MR) is 64.5 cm³/mol. The van der Waals surface area contributed by atoms with Crippen molar-refractivity contribution < 1.29 is 24.2 Å². The van der Waals surface area contributed by atoms with Crippen molar-refractivity contribution in [1.29, 1.82) is 0 Å². The molecule has 1 fully saturated rings. The highest BCUT2D eigenvalue weighted by molar-refractivity contribution is 6.02. The molecule has 1 aromatic carbocycles. The Morgan fingerprint density at radius 1 is 1.21 bits per heavy atom. The molecule has 0 bridgehead atoms. The van der Waals surface area contributed by atoms with Crippen molar-refractivity contribution in [2.45, 2.75) is 18.4 Å². The Morgan fingerprint density at radius 2 is 1.79 bits per heavy atom. The Morgan fingerprint density at radius 3 is 2.32 bits per heavy atom. The maximum Gasteiger partial charge on any atom is 0.407 e. The van der Waals surface area contributed by atoms with Crippen molar-refractivity contribution in [2.75, 3.05) is 13.1 Å². The molecule has 1 amide bonds. The first kappa shape index (κ1) is 13.5. The molecule has 0 atom stereocenters. The zero-order chi connectivity index (χ0) is 14.0. The fraction of sp³-hybridized carbons (Fsp3) is 0.385. The number of carboxylic acid groups (broad SMARTS) is 1. The first-order valence-electron chi connectivity index (χ1n) is 5.93. The minimum absolute atomic E-state index is 0.0214. The molecule has 0 spiro atoms. The third-order valence-electron chi connectivity index (χ3n) is 3.40. The number of nitrogens with zero attached hydrogens (tertiary/aromatic N) is 1. The van der Waals surface area contributed by atoms with E-state index in [1.807, 2.05) is 0 Å². The standard InChI is InChI=1S/C13H14FNO4/c14-10-4-2-1-3-9(10)11(16)13(19)5-7-15(8-6-13)12(17)18/h1-4,19H,5-8H2,(H,17,18). The lowest BCUT2D eigenvalue weighted by atomic mass is 9.84. The first-order valence-corrected chi connectivity index (χ1v) is 5.93. The van der Waals surface area contributed by atoms with Crippen LogP contribution in [0.25, 0.3) is 0 Å². The highest BCUT2D eigenvalue weighted by Crippen LogP contribution is 2.27. The summed E-state index contributed by atoms with van der Waals surface area (Å²) in [5, 5.41) is 19.1. The Labute approximate surface area is 109 Å². The average Bonchev–Trinajstić information content (AvgIpc) is 2.39. The van der Waals surface area contributed by atoms with Gasteiger partial charge in [0.2, 0.25) is 0 Å². The zero-order valence-corrected chi connectivity index (χ0v) is 10.2. The number of likely N-dealkylation sites (tertiary alicyclic amines) is 1. The molecule has 0 aromatic heterocycles. The molecule has 2 rings (SSSR count). The van der Waals surface area contributed by atoms with Crippen molar-refractivity contribution in [3.63, 3.8) is 0 Å². The van der Waals surface area contributed by atoms with Crippen molar-refractivity contribution in [3.05, 3.63) is 35.6 Å². The monoisotopic (exact) mass is 267 g/mol. The molecule has 1 aliphatic heterocycles. The number of hydrogen-bond acceptors (Lipinski definition) is 3. The van der Waals surface area contributed by atoms with Crippen molar-refractivity contribution in [2.24, 2.45) is 0 Å². The summed E-state index contributed by atoms with van der Waals surface area (Å²) in [6.07, 6.45) is -1.13. The van der Waals surface area contributed by atoms with Gasteiger partial charge in [-0.2, -0.15) is 0 Å². The van der Waals surface area contributed by atoms with Gasteiger partial charge in [0.05, 0.1) is 5.56 Å². The summed E-state index contributed by atoms with van der Waals surface area (Å²) in [5.41, 5.74) is -1.84. The number of piperidine rings is 1. The summed E-state index contributed by atoms with van der Waals surface area (Å²) in [6, 6.07) is 5.46. The maximum atomic E-state index is 13.5. The second-order valence-corrected chi connectivity index (χ2v) is 4.61. The largest absolute Gasteiger partial charge is 0.465 e. The second kappa shape index (κ2) is 4.97. The quantitative estimate of drug-likeness (QED) is 0.796. The molecule has 2 N–H and O–H groups in total. The lowest BCUT2D eigenvalue weighted by Gasteiger charge is -2.35. The van der Waals surface area contributed by atoms with E-state index in [2.05, 4.69) is 0 Å². The minimum Gasteiger partial charge on any atom is -0.465 e. The summed E-state index contributed by atoms with van der Waals surface area (Å²) in [4.78, 5) is 24.0. The molecule has 1 saturated heterocycles. The SMILES string of the molecule is O=C(O)N1CCC(O)(C(=O)c2ccccc2F)CC1. The smallest absolute Gasteiger partial charge is 0.407 e. The van der Waals surface area contributed by atoms with E-state index in [4.69, 9.17) is 5.11 Å². The van der Waals surface area contributed by atoms with E-state index >= 15 is 0 Å². The molecular weight excluding hydrogens is 253 g/mol. The minimum atomic E-state index is -1.69. The molecule has 0 unspecified atom stereocenters. The van der Waals surface area contributed by atoms with Crippen LogP contribution >= 0.6 is 0 Å². The number of aliphatic hydroxyl groups is 1. The van der Waals surface area contributed by atoms with Crippen LogP contribution in [0.3, 0.4) is 0 Å². The molecule has 0 radical (unpaired) electrons. The van der Waals surface area contributed by atoms with Crippen LogP contribution in [0.5, 0.6) is 0 Å². The summed E-state index contributed by atoms with van der Waals surface area (Å²) in [5.74, 6) is -1.36. The second-order valence-electron chi connectivity index (χ2n) is 4.61.